The van der Waals surface area contributed by atoms with Crippen LogP contribution in [0.1, 0.15) is 30.5 Å². The molecule has 0 spiro atoms. The third-order valence-electron chi connectivity index (χ3n) is 4.48. The number of rotatable bonds is 8. The molecule has 2 aromatic carbocycles. The number of para-hydroxylation sites is 1. The number of hydrogen-bond donors (Lipinski definition) is 2. The van der Waals surface area contributed by atoms with Crippen LogP contribution in [0.5, 0.6) is 11.5 Å². The van der Waals surface area contributed by atoms with Gasteiger partial charge in [-0.25, -0.2) is 4.99 Å². The number of hydrogen-bond acceptors (Lipinski definition) is 3. The maximum absolute atomic E-state index is 5.68. The van der Waals surface area contributed by atoms with E-state index in [0.29, 0.717) is 13.2 Å². The average molecular weight is 367 g/mol. The summed E-state index contributed by atoms with van der Waals surface area (Å²) in [5, 5.41) is 6.74. The summed E-state index contributed by atoms with van der Waals surface area (Å²) in [6, 6.07) is 14.5. The highest BCUT2D eigenvalue weighted by molar-refractivity contribution is 5.79. The van der Waals surface area contributed by atoms with Crippen molar-refractivity contribution in [2.45, 2.75) is 33.2 Å². The van der Waals surface area contributed by atoms with E-state index in [1.807, 2.05) is 25.1 Å². The van der Waals surface area contributed by atoms with Crippen molar-refractivity contribution in [1.82, 2.24) is 10.6 Å². The van der Waals surface area contributed by atoms with Crippen molar-refractivity contribution in [3.63, 3.8) is 0 Å². The average Bonchev–Trinajstić information content (AvgIpc) is 3.15. The molecular formula is C22H29N3O2. The Bertz CT molecular complexity index is 774. The van der Waals surface area contributed by atoms with Crippen LogP contribution in [-0.2, 0) is 19.4 Å². The molecule has 1 heterocycles. The summed E-state index contributed by atoms with van der Waals surface area (Å²) in [4.78, 5) is 4.71. The molecule has 0 radical (unpaired) electrons. The van der Waals surface area contributed by atoms with Gasteiger partial charge in [0.15, 0.2) is 5.96 Å². The van der Waals surface area contributed by atoms with Crippen molar-refractivity contribution >= 4 is 5.96 Å². The molecule has 144 valence electrons. The molecule has 1 aliphatic rings. The van der Waals surface area contributed by atoms with Gasteiger partial charge in [0.25, 0.3) is 0 Å². The Kier molecular flexibility index (Phi) is 6.97. The molecule has 0 saturated carbocycles. The second-order valence-electron chi connectivity index (χ2n) is 6.45. The number of benzene rings is 2. The molecule has 3 rings (SSSR count). The first-order valence-corrected chi connectivity index (χ1v) is 9.77. The van der Waals surface area contributed by atoms with E-state index in [1.54, 1.807) is 0 Å². The second kappa shape index (κ2) is 9.86. The fraction of sp³-hybridized carbons (Fsp3) is 0.409. The Balaban J connectivity index is 1.56. The van der Waals surface area contributed by atoms with E-state index in [4.69, 9.17) is 14.5 Å². The molecule has 5 nitrogen and oxygen atoms in total. The van der Waals surface area contributed by atoms with Crippen molar-refractivity contribution in [3.05, 3.63) is 59.2 Å². The topological polar surface area (TPSA) is 54.9 Å². The number of fused-ring (bicyclic) bond motifs is 1. The summed E-state index contributed by atoms with van der Waals surface area (Å²) in [5.41, 5.74) is 3.74. The summed E-state index contributed by atoms with van der Waals surface area (Å²) < 4.78 is 11.3. The van der Waals surface area contributed by atoms with Crippen LogP contribution in [-0.4, -0.2) is 32.3 Å². The normalized spacial score (nSPS) is 13.0. The van der Waals surface area contributed by atoms with E-state index in [1.165, 1.54) is 11.1 Å². The van der Waals surface area contributed by atoms with Gasteiger partial charge in [0.2, 0.25) is 0 Å². The lowest BCUT2D eigenvalue weighted by Crippen LogP contribution is -2.38. The number of nitrogens with zero attached hydrogens (tertiary/aromatic N) is 1. The molecule has 0 aromatic heterocycles. The molecule has 1 aliphatic heterocycles. The molecule has 0 amide bonds. The smallest absolute Gasteiger partial charge is 0.191 e. The standard InChI is InChI=1S/C22H29N3O2/c1-3-23-22(25-16-19-7-5-6-8-20(19)26-4-2)24-13-11-17-9-10-21-18(15-17)12-14-27-21/h5-10,15H,3-4,11-14,16H2,1-2H3,(H2,23,24,25). The lowest BCUT2D eigenvalue weighted by atomic mass is 10.1. The van der Waals surface area contributed by atoms with Crippen LogP contribution in [0.3, 0.4) is 0 Å². The van der Waals surface area contributed by atoms with Gasteiger partial charge in [-0.1, -0.05) is 30.3 Å². The number of nitrogens with one attached hydrogen (secondary N) is 2. The molecule has 2 N–H and O–H groups in total. The maximum atomic E-state index is 5.68. The van der Waals surface area contributed by atoms with Gasteiger partial charge in [-0.05, 0) is 43.5 Å². The minimum absolute atomic E-state index is 0.585. The first kappa shape index (κ1) is 19.1. The van der Waals surface area contributed by atoms with Crippen LogP contribution in [0.25, 0.3) is 0 Å². The Morgan fingerprint density at radius 3 is 2.89 bits per heavy atom. The van der Waals surface area contributed by atoms with E-state index in [-0.39, 0.29) is 0 Å². The predicted octanol–water partition coefficient (Wildman–Crippen LogP) is 3.32. The zero-order valence-electron chi connectivity index (χ0n) is 16.3. The summed E-state index contributed by atoms with van der Waals surface area (Å²) in [7, 11) is 0. The van der Waals surface area contributed by atoms with E-state index >= 15 is 0 Å². The summed E-state index contributed by atoms with van der Waals surface area (Å²) >= 11 is 0. The Hall–Kier alpha value is -2.69. The summed E-state index contributed by atoms with van der Waals surface area (Å²) in [6.07, 6.45) is 1.97. The zero-order chi connectivity index (χ0) is 18.9. The second-order valence-corrected chi connectivity index (χ2v) is 6.45. The van der Waals surface area contributed by atoms with Crippen LogP contribution < -0.4 is 20.1 Å². The fourth-order valence-corrected chi connectivity index (χ4v) is 3.16. The number of ether oxygens (including phenoxy) is 2. The van der Waals surface area contributed by atoms with Gasteiger partial charge >= 0.3 is 0 Å². The van der Waals surface area contributed by atoms with Crippen LogP contribution in [0.4, 0.5) is 0 Å². The highest BCUT2D eigenvalue weighted by atomic mass is 16.5. The van der Waals surface area contributed by atoms with Gasteiger partial charge in [0, 0.05) is 25.1 Å². The lowest BCUT2D eigenvalue weighted by molar-refractivity contribution is 0.336. The highest BCUT2D eigenvalue weighted by Gasteiger charge is 2.11. The van der Waals surface area contributed by atoms with Crippen LogP contribution in [0, 0.1) is 0 Å². The summed E-state index contributed by atoms with van der Waals surface area (Å²) in [5.74, 6) is 2.77. The van der Waals surface area contributed by atoms with Crippen LogP contribution in [0.2, 0.25) is 0 Å². The van der Waals surface area contributed by atoms with Crippen molar-refractivity contribution in [2.75, 3.05) is 26.3 Å². The van der Waals surface area contributed by atoms with Gasteiger partial charge in [0.1, 0.15) is 11.5 Å². The number of guanidine groups is 1. The Morgan fingerprint density at radius 2 is 2.04 bits per heavy atom. The third-order valence-corrected chi connectivity index (χ3v) is 4.48. The largest absolute Gasteiger partial charge is 0.494 e. The van der Waals surface area contributed by atoms with Crippen molar-refractivity contribution < 1.29 is 9.47 Å². The molecule has 2 aromatic rings. The third kappa shape index (κ3) is 5.39. The number of aliphatic imine (C=N–C) groups is 1. The van der Waals surface area contributed by atoms with Crippen LogP contribution in [0.15, 0.2) is 47.5 Å². The van der Waals surface area contributed by atoms with E-state index in [9.17, 15) is 0 Å². The molecule has 0 fully saturated rings. The van der Waals surface area contributed by atoms with Crippen LogP contribution >= 0.6 is 0 Å². The van der Waals surface area contributed by atoms with E-state index in [2.05, 4.69) is 41.8 Å². The monoisotopic (exact) mass is 367 g/mol. The quantitative estimate of drug-likeness (QED) is 0.555. The van der Waals surface area contributed by atoms with Crippen molar-refractivity contribution in [2.24, 2.45) is 4.99 Å². The Morgan fingerprint density at radius 1 is 1.15 bits per heavy atom. The molecule has 0 saturated heterocycles. The van der Waals surface area contributed by atoms with E-state index < -0.39 is 0 Å². The first-order chi connectivity index (χ1) is 13.3. The van der Waals surface area contributed by atoms with Crippen molar-refractivity contribution in [1.29, 1.82) is 0 Å². The molecule has 0 unspecified atom stereocenters. The molecule has 27 heavy (non-hydrogen) atoms. The Labute approximate surface area is 161 Å². The van der Waals surface area contributed by atoms with Gasteiger partial charge < -0.3 is 20.1 Å². The molecule has 0 atom stereocenters. The maximum Gasteiger partial charge on any atom is 0.191 e. The van der Waals surface area contributed by atoms with Gasteiger partial charge in [-0.15, -0.1) is 0 Å². The highest BCUT2D eigenvalue weighted by Crippen LogP contribution is 2.25. The van der Waals surface area contributed by atoms with E-state index in [0.717, 1.165) is 55.6 Å². The zero-order valence-corrected chi connectivity index (χ0v) is 16.3. The van der Waals surface area contributed by atoms with Gasteiger partial charge in [-0.3, -0.25) is 0 Å². The van der Waals surface area contributed by atoms with Gasteiger partial charge in [-0.2, -0.15) is 0 Å². The lowest BCUT2D eigenvalue weighted by Gasteiger charge is -2.13. The summed E-state index contributed by atoms with van der Waals surface area (Å²) in [6.45, 7) is 7.78. The predicted molar refractivity (Wildman–Crippen MR) is 110 cm³/mol. The van der Waals surface area contributed by atoms with Gasteiger partial charge in [0.05, 0.1) is 19.8 Å². The van der Waals surface area contributed by atoms with Crippen molar-refractivity contribution in [3.8, 4) is 11.5 Å². The molecule has 0 aliphatic carbocycles. The first-order valence-electron chi connectivity index (χ1n) is 9.77. The fourth-order valence-electron chi connectivity index (χ4n) is 3.16. The SMILES string of the molecule is CCNC(=NCc1ccccc1OCC)NCCc1ccc2c(c1)CCO2. The minimum atomic E-state index is 0.585. The molecule has 5 heteroatoms. The molecule has 0 bridgehead atoms. The molecular weight excluding hydrogens is 338 g/mol. The minimum Gasteiger partial charge on any atom is -0.494 e.